The molecule has 1 aliphatic carbocycles. The second-order valence-electron chi connectivity index (χ2n) is 7.67. The molecule has 0 unspecified atom stereocenters. The molecule has 1 aliphatic rings. The van der Waals surface area contributed by atoms with E-state index in [-0.39, 0.29) is 30.9 Å². The number of nitrogens with zero attached hydrogens (tertiary/aromatic N) is 2. The van der Waals surface area contributed by atoms with Gasteiger partial charge in [-0.15, -0.1) is 0 Å². The van der Waals surface area contributed by atoms with Crippen LogP contribution in [0.4, 0.5) is 0 Å². The lowest BCUT2D eigenvalue weighted by Gasteiger charge is -2.23. The number of amides is 2. The molecule has 0 aliphatic heterocycles. The molecule has 0 atom stereocenters. The fourth-order valence-corrected chi connectivity index (χ4v) is 4.22. The number of carbonyl (C=O) groups is 2. The highest BCUT2D eigenvalue weighted by Crippen LogP contribution is 2.19. The third-order valence-electron chi connectivity index (χ3n) is 5.53. The highest BCUT2D eigenvalue weighted by Gasteiger charge is 2.19. The van der Waals surface area contributed by atoms with Gasteiger partial charge in [-0.05, 0) is 37.1 Å². The Morgan fingerprint density at radius 1 is 1.03 bits per heavy atom. The molecule has 6 nitrogen and oxygen atoms in total. The van der Waals surface area contributed by atoms with Gasteiger partial charge in [0.15, 0.2) is 0 Å². The Morgan fingerprint density at radius 2 is 1.77 bits per heavy atom. The Morgan fingerprint density at radius 3 is 2.57 bits per heavy atom. The molecule has 1 heterocycles. The lowest BCUT2D eigenvalue weighted by atomic mass is 9.95. The summed E-state index contributed by atoms with van der Waals surface area (Å²) in [5.74, 6) is 0.338. The number of benzene rings is 2. The smallest absolute Gasteiger partial charge is 0.253 e. The van der Waals surface area contributed by atoms with Crippen LogP contribution in [0.3, 0.4) is 0 Å². The fourth-order valence-electron chi connectivity index (χ4n) is 4.00. The summed E-state index contributed by atoms with van der Waals surface area (Å²) in [7, 11) is 0. The summed E-state index contributed by atoms with van der Waals surface area (Å²) in [4.78, 5) is 29.9. The summed E-state index contributed by atoms with van der Waals surface area (Å²) >= 11 is 6.12. The number of fused-ring (bicyclic) bond motifs is 1. The van der Waals surface area contributed by atoms with E-state index in [9.17, 15) is 9.59 Å². The summed E-state index contributed by atoms with van der Waals surface area (Å²) < 4.78 is 1.88. The van der Waals surface area contributed by atoms with E-state index in [1.54, 1.807) is 24.3 Å². The van der Waals surface area contributed by atoms with Crippen LogP contribution in [0.1, 0.15) is 48.3 Å². The van der Waals surface area contributed by atoms with E-state index in [4.69, 9.17) is 11.6 Å². The Bertz CT molecular complexity index is 1060. The fraction of sp³-hybridized carbons (Fsp3) is 0.348. The van der Waals surface area contributed by atoms with Crippen molar-refractivity contribution >= 4 is 34.4 Å². The minimum absolute atomic E-state index is 0.0243. The van der Waals surface area contributed by atoms with Gasteiger partial charge in [-0.25, -0.2) is 4.98 Å². The Labute approximate surface area is 180 Å². The first-order valence-electron chi connectivity index (χ1n) is 10.4. The molecule has 1 fully saturated rings. The third kappa shape index (κ3) is 4.65. The topological polar surface area (TPSA) is 76.0 Å². The monoisotopic (exact) mass is 424 g/mol. The molecule has 4 rings (SSSR count). The van der Waals surface area contributed by atoms with Crippen molar-refractivity contribution in [3.8, 4) is 0 Å². The van der Waals surface area contributed by atoms with E-state index in [0.717, 1.165) is 36.7 Å². The standard InChI is InChI=1S/C23H25ClN4O2/c24-18-11-5-4-10-17(18)23(30)25-14-21-27-19-12-6-7-13-20(19)28(21)15-22(29)26-16-8-2-1-3-9-16/h4-7,10-13,16H,1-3,8-9,14-15H2,(H,25,30)(H,26,29). The normalized spacial score (nSPS) is 14.6. The van der Waals surface area contributed by atoms with Crippen molar-refractivity contribution in [2.24, 2.45) is 0 Å². The van der Waals surface area contributed by atoms with Gasteiger partial charge >= 0.3 is 0 Å². The van der Waals surface area contributed by atoms with E-state index >= 15 is 0 Å². The molecular weight excluding hydrogens is 400 g/mol. The number of nitrogens with one attached hydrogen (secondary N) is 2. The molecule has 0 spiro atoms. The summed E-state index contributed by atoms with van der Waals surface area (Å²) in [6.07, 6.45) is 5.65. The van der Waals surface area contributed by atoms with Crippen LogP contribution in [0.15, 0.2) is 48.5 Å². The number of imidazole rings is 1. The molecule has 2 N–H and O–H groups in total. The van der Waals surface area contributed by atoms with Crippen molar-refractivity contribution in [2.45, 2.75) is 51.2 Å². The maximum Gasteiger partial charge on any atom is 0.253 e. The Balaban J connectivity index is 1.50. The van der Waals surface area contributed by atoms with Gasteiger partial charge in [-0.2, -0.15) is 0 Å². The quantitative estimate of drug-likeness (QED) is 0.626. The second-order valence-corrected chi connectivity index (χ2v) is 8.08. The van der Waals surface area contributed by atoms with Crippen molar-refractivity contribution in [1.82, 2.24) is 20.2 Å². The van der Waals surface area contributed by atoms with Crippen molar-refractivity contribution in [2.75, 3.05) is 0 Å². The van der Waals surface area contributed by atoms with Gasteiger partial charge in [0.05, 0.1) is 28.2 Å². The zero-order valence-corrected chi connectivity index (χ0v) is 17.5. The highest BCUT2D eigenvalue weighted by molar-refractivity contribution is 6.33. The molecule has 0 saturated heterocycles. The summed E-state index contributed by atoms with van der Waals surface area (Å²) in [5, 5.41) is 6.43. The first kappa shape index (κ1) is 20.4. The molecule has 156 valence electrons. The zero-order chi connectivity index (χ0) is 20.9. The maximum atomic E-state index is 12.7. The predicted octanol–water partition coefficient (Wildman–Crippen LogP) is 4.07. The number of aromatic nitrogens is 2. The molecule has 2 aromatic carbocycles. The molecule has 1 aromatic heterocycles. The maximum absolute atomic E-state index is 12.7. The van der Waals surface area contributed by atoms with Gasteiger partial charge in [-0.3, -0.25) is 9.59 Å². The zero-order valence-electron chi connectivity index (χ0n) is 16.7. The van der Waals surface area contributed by atoms with Crippen molar-refractivity contribution < 1.29 is 9.59 Å². The largest absolute Gasteiger partial charge is 0.352 e. The van der Waals surface area contributed by atoms with Crippen molar-refractivity contribution in [3.05, 3.63) is 64.9 Å². The number of rotatable bonds is 6. The van der Waals surface area contributed by atoms with Crippen molar-refractivity contribution in [1.29, 1.82) is 0 Å². The number of carbonyl (C=O) groups excluding carboxylic acids is 2. The predicted molar refractivity (Wildman–Crippen MR) is 117 cm³/mol. The van der Waals surface area contributed by atoms with Gasteiger partial charge in [0.2, 0.25) is 5.91 Å². The Kier molecular flexibility index (Phi) is 6.33. The first-order chi connectivity index (χ1) is 14.6. The minimum Gasteiger partial charge on any atom is -0.352 e. The van der Waals surface area contributed by atoms with Crippen LogP contribution in [-0.4, -0.2) is 27.4 Å². The summed E-state index contributed by atoms with van der Waals surface area (Å²) in [6.45, 7) is 0.379. The number of halogens is 1. The first-order valence-corrected chi connectivity index (χ1v) is 10.8. The molecular formula is C23H25ClN4O2. The van der Waals surface area contributed by atoms with Crippen LogP contribution in [0.5, 0.6) is 0 Å². The number of hydrogen-bond donors (Lipinski definition) is 2. The van der Waals surface area contributed by atoms with E-state index in [1.807, 2.05) is 28.8 Å². The number of para-hydroxylation sites is 2. The summed E-state index contributed by atoms with van der Waals surface area (Å²) in [6, 6.07) is 14.8. The SMILES string of the molecule is O=C(Cn1c(CNC(=O)c2ccccc2Cl)nc2ccccc21)NC1CCCCC1. The third-order valence-corrected chi connectivity index (χ3v) is 5.86. The van der Waals surface area contributed by atoms with Crippen LogP contribution in [0.2, 0.25) is 5.02 Å². The van der Waals surface area contributed by atoms with E-state index in [0.29, 0.717) is 16.4 Å². The molecule has 2 amide bonds. The average Bonchev–Trinajstić information content (AvgIpc) is 3.10. The molecule has 7 heteroatoms. The van der Waals surface area contributed by atoms with Crippen LogP contribution in [0.25, 0.3) is 11.0 Å². The van der Waals surface area contributed by atoms with Gasteiger partial charge in [0.1, 0.15) is 12.4 Å². The van der Waals surface area contributed by atoms with E-state index in [1.165, 1.54) is 6.42 Å². The van der Waals surface area contributed by atoms with Crippen molar-refractivity contribution in [3.63, 3.8) is 0 Å². The average molecular weight is 425 g/mol. The van der Waals surface area contributed by atoms with Gasteiger partial charge in [-0.1, -0.05) is 55.1 Å². The minimum atomic E-state index is -0.272. The van der Waals surface area contributed by atoms with Crippen LogP contribution < -0.4 is 10.6 Å². The summed E-state index contributed by atoms with van der Waals surface area (Å²) in [5.41, 5.74) is 2.08. The van der Waals surface area contributed by atoms with Gasteiger partial charge in [0.25, 0.3) is 5.91 Å². The highest BCUT2D eigenvalue weighted by atomic mass is 35.5. The van der Waals surface area contributed by atoms with Crippen LogP contribution in [0, 0.1) is 0 Å². The number of hydrogen-bond acceptors (Lipinski definition) is 3. The molecule has 0 bridgehead atoms. The molecule has 3 aromatic rings. The Hall–Kier alpha value is -2.86. The molecule has 0 radical (unpaired) electrons. The van der Waals surface area contributed by atoms with Crippen LogP contribution >= 0.6 is 11.6 Å². The van der Waals surface area contributed by atoms with E-state index < -0.39 is 0 Å². The van der Waals surface area contributed by atoms with Gasteiger partial charge < -0.3 is 15.2 Å². The molecule has 30 heavy (non-hydrogen) atoms. The molecule has 1 saturated carbocycles. The second kappa shape index (κ2) is 9.30. The lowest BCUT2D eigenvalue weighted by Crippen LogP contribution is -2.38. The lowest BCUT2D eigenvalue weighted by molar-refractivity contribution is -0.122. The van der Waals surface area contributed by atoms with E-state index in [2.05, 4.69) is 15.6 Å². The van der Waals surface area contributed by atoms with Gasteiger partial charge in [0, 0.05) is 6.04 Å². The van der Waals surface area contributed by atoms with Crippen LogP contribution in [-0.2, 0) is 17.9 Å².